The van der Waals surface area contributed by atoms with Gasteiger partial charge in [-0.1, -0.05) is 25.0 Å². The second kappa shape index (κ2) is 11.3. The lowest BCUT2D eigenvalue weighted by Gasteiger charge is -2.34. The molecule has 0 bridgehead atoms. The molecule has 0 radical (unpaired) electrons. The molecule has 1 saturated heterocycles. The lowest BCUT2D eigenvalue weighted by Crippen LogP contribution is -2.34. The number of rotatable bonds is 6. The van der Waals surface area contributed by atoms with Gasteiger partial charge in [0.1, 0.15) is 17.0 Å². The van der Waals surface area contributed by atoms with E-state index in [0.717, 1.165) is 61.0 Å². The van der Waals surface area contributed by atoms with Crippen molar-refractivity contribution in [1.29, 1.82) is 0 Å². The predicted molar refractivity (Wildman–Crippen MR) is 171 cm³/mol. The van der Waals surface area contributed by atoms with Gasteiger partial charge in [-0.25, -0.2) is 18.7 Å². The third kappa shape index (κ3) is 5.21. The van der Waals surface area contributed by atoms with E-state index in [1.165, 1.54) is 6.07 Å². The average Bonchev–Trinajstić information content (AvgIpc) is 2.98. The maximum absolute atomic E-state index is 16.8. The average molecular weight is 580 g/mol. The first-order valence-corrected chi connectivity index (χ1v) is 14.6. The highest BCUT2D eigenvalue weighted by atomic mass is 19.1. The van der Waals surface area contributed by atoms with Gasteiger partial charge in [-0.3, -0.25) is 4.98 Å². The molecule has 0 aliphatic carbocycles. The Bertz CT molecular complexity index is 1910. The van der Waals surface area contributed by atoms with E-state index in [4.69, 9.17) is 16.4 Å². The molecule has 1 atom stereocenters. The second-order valence-corrected chi connectivity index (χ2v) is 11.9. The Kier molecular flexibility index (Phi) is 7.57. The van der Waals surface area contributed by atoms with Crippen molar-refractivity contribution >= 4 is 44.3 Å². The van der Waals surface area contributed by atoms with Crippen molar-refractivity contribution < 1.29 is 8.78 Å². The SMILES string of the molecule is C#Cc1c(F)ccc2cc(C)cc(-c3ncc4c(N5CCCC(C)C5)c5cnc(N(C)CCN(C)C)nc5nc4c3F)c12. The van der Waals surface area contributed by atoms with Crippen LogP contribution in [0.25, 0.3) is 44.0 Å². The number of halogens is 2. The van der Waals surface area contributed by atoms with Gasteiger partial charge < -0.3 is 14.7 Å². The Labute approximate surface area is 250 Å². The Balaban J connectivity index is 1.62. The molecule has 2 aromatic carbocycles. The van der Waals surface area contributed by atoms with Crippen LogP contribution in [-0.4, -0.2) is 72.2 Å². The minimum absolute atomic E-state index is 0.0745. The summed E-state index contributed by atoms with van der Waals surface area (Å²) in [5.74, 6) is 2.35. The maximum atomic E-state index is 16.8. The van der Waals surface area contributed by atoms with E-state index in [9.17, 15) is 4.39 Å². The van der Waals surface area contributed by atoms with Gasteiger partial charge in [0.2, 0.25) is 5.95 Å². The zero-order chi connectivity index (χ0) is 30.4. The summed E-state index contributed by atoms with van der Waals surface area (Å²) in [6, 6.07) is 6.71. The lowest BCUT2D eigenvalue weighted by molar-refractivity contribution is 0.415. The van der Waals surface area contributed by atoms with Gasteiger partial charge in [-0.05, 0) is 62.9 Å². The number of anilines is 2. The van der Waals surface area contributed by atoms with Gasteiger partial charge in [0, 0.05) is 62.0 Å². The number of nitrogens with zero attached hydrogens (tertiary/aromatic N) is 7. The highest BCUT2D eigenvalue weighted by Crippen LogP contribution is 2.40. The zero-order valence-electron chi connectivity index (χ0n) is 25.2. The zero-order valence-corrected chi connectivity index (χ0v) is 25.2. The Morgan fingerprint density at radius 1 is 1.05 bits per heavy atom. The Hall–Kier alpha value is -4.42. The molecule has 1 aliphatic rings. The summed E-state index contributed by atoms with van der Waals surface area (Å²) in [5.41, 5.74) is 2.90. The van der Waals surface area contributed by atoms with E-state index < -0.39 is 11.6 Å². The molecule has 4 heterocycles. The summed E-state index contributed by atoms with van der Waals surface area (Å²) in [4.78, 5) is 25.3. The number of fused-ring (bicyclic) bond motifs is 3. The Morgan fingerprint density at radius 2 is 1.84 bits per heavy atom. The largest absolute Gasteiger partial charge is 0.370 e. The van der Waals surface area contributed by atoms with E-state index in [0.29, 0.717) is 33.8 Å². The number of hydrogen-bond donors (Lipinski definition) is 0. The number of piperidine rings is 1. The summed E-state index contributed by atoms with van der Waals surface area (Å²) in [6.45, 7) is 7.35. The van der Waals surface area contributed by atoms with Crippen LogP contribution >= 0.6 is 0 Å². The van der Waals surface area contributed by atoms with Crippen molar-refractivity contribution in [2.75, 3.05) is 57.1 Å². The fourth-order valence-corrected chi connectivity index (χ4v) is 6.10. The molecule has 3 aromatic heterocycles. The molecule has 0 amide bonds. The molecular weight excluding hydrogens is 544 g/mol. The molecule has 0 spiro atoms. The van der Waals surface area contributed by atoms with Crippen LogP contribution in [0.5, 0.6) is 0 Å². The molecule has 1 fully saturated rings. The van der Waals surface area contributed by atoms with Crippen LogP contribution in [0.4, 0.5) is 20.4 Å². The fraction of sp³-hybridized carbons (Fsp3) is 0.353. The van der Waals surface area contributed by atoms with Crippen LogP contribution in [-0.2, 0) is 0 Å². The summed E-state index contributed by atoms with van der Waals surface area (Å²) in [5, 5.41) is 2.54. The monoisotopic (exact) mass is 579 g/mol. The molecule has 7 nitrogen and oxygen atoms in total. The molecule has 43 heavy (non-hydrogen) atoms. The molecule has 6 rings (SSSR count). The number of aryl methyl sites for hydroxylation is 1. The smallest absolute Gasteiger partial charge is 0.227 e. The molecule has 5 aromatic rings. The van der Waals surface area contributed by atoms with E-state index in [1.807, 2.05) is 39.0 Å². The van der Waals surface area contributed by atoms with Gasteiger partial charge in [0.25, 0.3) is 0 Å². The first-order valence-electron chi connectivity index (χ1n) is 14.6. The van der Waals surface area contributed by atoms with Crippen LogP contribution in [0.2, 0.25) is 0 Å². The van der Waals surface area contributed by atoms with E-state index in [1.54, 1.807) is 24.5 Å². The predicted octanol–water partition coefficient (Wildman–Crippen LogP) is 6.20. The summed E-state index contributed by atoms with van der Waals surface area (Å²) < 4.78 is 31.7. The Morgan fingerprint density at radius 3 is 2.58 bits per heavy atom. The first kappa shape index (κ1) is 28.7. The molecule has 0 saturated carbocycles. The van der Waals surface area contributed by atoms with E-state index >= 15 is 4.39 Å². The van der Waals surface area contributed by atoms with E-state index in [2.05, 4.69) is 32.6 Å². The van der Waals surface area contributed by atoms with Crippen LogP contribution in [0, 0.1) is 36.8 Å². The van der Waals surface area contributed by atoms with Crippen molar-refractivity contribution in [2.45, 2.75) is 26.7 Å². The highest BCUT2D eigenvalue weighted by Gasteiger charge is 2.26. The summed E-state index contributed by atoms with van der Waals surface area (Å²) in [6.07, 6.45) is 11.4. The number of benzene rings is 2. The number of pyridine rings is 2. The van der Waals surface area contributed by atoms with Crippen molar-refractivity contribution in [3.8, 4) is 23.6 Å². The lowest BCUT2D eigenvalue weighted by atomic mass is 9.94. The van der Waals surface area contributed by atoms with Gasteiger partial charge in [0.15, 0.2) is 11.5 Å². The second-order valence-electron chi connectivity index (χ2n) is 11.9. The van der Waals surface area contributed by atoms with Crippen LogP contribution in [0.1, 0.15) is 30.9 Å². The minimum atomic E-state index is -0.592. The topological polar surface area (TPSA) is 61.3 Å². The summed E-state index contributed by atoms with van der Waals surface area (Å²) >= 11 is 0. The fourth-order valence-electron chi connectivity index (χ4n) is 6.10. The molecule has 220 valence electrons. The number of likely N-dealkylation sites (N-methyl/N-ethyl adjacent to an activating group) is 2. The van der Waals surface area contributed by atoms with E-state index in [-0.39, 0.29) is 16.8 Å². The van der Waals surface area contributed by atoms with Crippen molar-refractivity contribution in [1.82, 2.24) is 24.8 Å². The van der Waals surface area contributed by atoms with Gasteiger partial charge >= 0.3 is 0 Å². The van der Waals surface area contributed by atoms with Crippen molar-refractivity contribution in [2.24, 2.45) is 5.92 Å². The quantitative estimate of drug-likeness (QED) is 0.176. The molecule has 1 aliphatic heterocycles. The number of hydrogen-bond acceptors (Lipinski definition) is 7. The minimum Gasteiger partial charge on any atom is -0.370 e. The maximum Gasteiger partial charge on any atom is 0.227 e. The number of terminal acetylenes is 1. The normalized spacial score (nSPS) is 15.5. The van der Waals surface area contributed by atoms with Gasteiger partial charge in [-0.15, -0.1) is 6.42 Å². The van der Waals surface area contributed by atoms with Gasteiger partial charge in [0.05, 0.1) is 16.6 Å². The van der Waals surface area contributed by atoms with Crippen molar-refractivity contribution in [3.05, 3.63) is 59.4 Å². The first-order chi connectivity index (χ1) is 20.7. The van der Waals surface area contributed by atoms with Crippen molar-refractivity contribution in [3.63, 3.8) is 0 Å². The standard InChI is InChI=1S/C34H35F2N7/c1-7-23-27(35)11-10-22-15-21(3)16-24(28(22)23)30-29(36)31-25(17-37-30)32(43-12-8-9-20(2)19-43)26-18-38-34(40-33(26)39-31)42(6)14-13-41(4)5/h1,10-11,15-18,20H,8-9,12-14,19H2,2-6H3. The highest BCUT2D eigenvalue weighted by molar-refractivity contribution is 6.08. The number of aromatic nitrogens is 4. The van der Waals surface area contributed by atoms with Crippen LogP contribution in [0.15, 0.2) is 36.7 Å². The molecule has 1 unspecified atom stereocenters. The third-order valence-electron chi connectivity index (χ3n) is 8.29. The summed E-state index contributed by atoms with van der Waals surface area (Å²) in [7, 11) is 5.97. The molecule has 9 heteroatoms. The molecule has 0 N–H and O–H groups in total. The van der Waals surface area contributed by atoms with Crippen LogP contribution < -0.4 is 9.80 Å². The molecular formula is C34H35F2N7. The van der Waals surface area contributed by atoms with Gasteiger partial charge in [-0.2, -0.15) is 4.98 Å². The van der Waals surface area contributed by atoms with Crippen LogP contribution in [0.3, 0.4) is 0 Å². The third-order valence-corrected chi connectivity index (χ3v) is 8.29.